The van der Waals surface area contributed by atoms with Gasteiger partial charge in [-0.2, -0.15) is 0 Å². The van der Waals surface area contributed by atoms with Gasteiger partial charge in [-0.15, -0.1) is 12.4 Å². The molecule has 1 rings (SSSR count). The number of hydrogen-bond acceptors (Lipinski definition) is 3. The van der Waals surface area contributed by atoms with Gasteiger partial charge in [0.2, 0.25) is 11.8 Å². The molecule has 0 atom stereocenters. The van der Waals surface area contributed by atoms with E-state index in [0.29, 0.717) is 22.2 Å². The molecule has 0 aliphatic heterocycles. The number of carbonyl (C=O) groups is 2. The summed E-state index contributed by atoms with van der Waals surface area (Å²) in [5, 5.41) is 8.94. The Balaban J connectivity index is 0.00000400. The van der Waals surface area contributed by atoms with Crippen molar-refractivity contribution in [2.75, 3.05) is 25.5 Å². The second-order valence-corrected chi connectivity index (χ2v) is 5.00. The first-order valence-corrected chi connectivity index (χ1v) is 6.94. The van der Waals surface area contributed by atoms with Gasteiger partial charge >= 0.3 is 0 Å². The number of amides is 2. The molecule has 0 bridgehead atoms. The first-order valence-electron chi connectivity index (χ1n) is 6.19. The van der Waals surface area contributed by atoms with E-state index in [1.54, 1.807) is 18.2 Å². The molecular weight excluding hydrogens is 337 g/mol. The van der Waals surface area contributed by atoms with Crippen LogP contribution in [0, 0.1) is 0 Å². The maximum atomic E-state index is 11.7. The predicted molar refractivity (Wildman–Crippen MR) is 88.5 cm³/mol. The number of carbonyl (C=O) groups excluding carboxylic acids is 2. The zero-order chi connectivity index (χ0) is 15.0. The van der Waals surface area contributed by atoms with Crippen LogP contribution >= 0.6 is 35.6 Å². The number of hydrogen-bond donors (Lipinski definition) is 3. The average molecular weight is 355 g/mol. The number of nitrogens with one attached hydrogen (secondary N) is 3. The lowest BCUT2D eigenvalue weighted by molar-refractivity contribution is -0.124. The topological polar surface area (TPSA) is 70.2 Å². The van der Waals surface area contributed by atoms with Gasteiger partial charge in [-0.1, -0.05) is 23.2 Å². The largest absolute Gasteiger partial charge is 0.347 e. The van der Waals surface area contributed by atoms with Gasteiger partial charge in [0.05, 0.1) is 17.3 Å². The van der Waals surface area contributed by atoms with Gasteiger partial charge in [0.25, 0.3) is 0 Å². The summed E-state index contributed by atoms with van der Waals surface area (Å²) in [6, 6.07) is 4.77. The summed E-state index contributed by atoms with van der Waals surface area (Å²) in [5.41, 5.74) is 0.425. The fourth-order valence-corrected chi connectivity index (χ4v) is 1.82. The van der Waals surface area contributed by atoms with Gasteiger partial charge in [-0.25, -0.2) is 0 Å². The zero-order valence-corrected chi connectivity index (χ0v) is 13.9. The molecule has 1 aromatic rings. The Kier molecular flexibility index (Phi) is 10.2. The highest BCUT2D eigenvalue weighted by molar-refractivity contribution is 6.35. The smallest absolute Gasteiger partial charge is 0.243 e. The van der Waals surface area contributed by atoms with Crippen molar-refractivity contribution in [1.29, 1.82) is 0 Å². The minimum Gasteiger partial charge on any atom is -0.347 e. The van der Waals surface area contributed by atoms with Crippen LogP contribution in [0.2, 0.25) is 10.0 Å². The number of rotatable bonds is 7. The van der Waals surface area contributed by atoms with Crippen LogP contribution in [-0.4, -0.2) is 32.0 Å². The monoisotopic (exact) mass is 353 g/mol. The highest BCUT2D eigenvalue weighted by atomic mass is 35.5. The normalized spacial score (nSPS) is 9.67. The number of benzene rings is 1. The summed E-state index contributed by atoms with van der Waals surface area (Å²) in [4.78, 5) is 23.1. The fraction of sp³-hybridized carbons (Fsp3) is 0.385. The van der Waals surface area contributed by atoms with Crippen molar-refractivity contribution < 1.29 is 9.59 Å². The molecule has 0 radical (unpaired) electrons. The van der Waals surface area contributed by atoms with Crippen molar-refractivity contribution in [2.24, 2.45) is 0 Å². The molecular formula is C13H18Cl3N3O2. The van der Waals surface area contributed by atoms with E-state index in [2.05, 4.69) is 16.0 Å². The van der Waals surface area contributed by atoms with E-state index < -0.39 is 0 Å². The molecule has 1 aromatic carbocycles. The van der Waals surface area contributed by atoms with Crippen molar-refractivity contribution >= 4 is 53.1 Å². The molecule has 5 nitrogen and oxygen atoms in total. The number of halogens is 3. The van der Waals surface area contributed by atoms with Crippen LogP contribution < -0.4 is 16.0 Å². The molecule has 0 aromatic heterocycles. The van der Waals surface area contributed by atoms with Crippen LogP contribution in [0.3, 0.4) is 0 Å². The van der Waals surface area contributed by atoms with Gasteiger partial charge in [0.15, 0.2) is 0 Å². The van der Waals surface area contributed by atoms with Crippen LogP contribution in [-0.2, 0) is 9.59 Å². The third-order valence-electron chi connectivity index (χ3n) is 2.48. The van der Waals surface area contributed by atoms with E-state index >= 15 is 0 Å². The Hall–Kier alpha value is -1.01. The lowest BCUT2D eigenvalue weighted by Gasteiger charge is -2.08. The maximum Gasteiger partial charge on any atom is 0.243 e. The summed E-state index contributed by atoms with van der Waals surface area (Å²) in [6.45, 7) is 0.666. The minimum atomic E-state index is -0.351. The van der Waals surface area contributed by atoms with Crippen LogP contribution in [0.25, 0.3) is 0 Å². The van der Waals surface area contributed by atoms with Crippen molar-refractivity contribution in [3.8, 4) is 0 Å². The highest BCUT2D eigenvalue weighted by Gasteiger charge is 2.08. The van der Waals surface area contributed by atoms with Gasteiger partial charge in [-0.05, 0) is 38.2 Å². The van der Waals surface area contributed by atoms with Gasteiger partial charge in [0, 0.05) is 11.4 Å². The van der Waals surface area contributed by atoms with Crippen LogP contribution in [0.15, 0.2) is 18.2 Å². The molecule has 0 unspecified atom stereocenters. The van der Waals surface area contributed by atoms with Crippen LogP contribution in [0.5, 0.6) is 0 Å². The van der Waals surface area contributed by atoms with Crippen molar-refractivity contribution in [1.82, 2.24) is 10.6 Å². The summed E-state index contributed by atoms with van der Waals surface area (Å²) in [5.74, 6) is -0.510. The average Bonchev–Trinajstić information content (AvgIpc) is 2.41. The van der Waals surface area contributed by atoms with Gasteiger partial charge in [-0.3, -0.25) is 9.59 Å². The van der Waals surface area contributed by atoms with E-state index in [1.165, 1.54) is 0 Å². The fourth-order valence-electron chi connectivity index (χ4n) is 1.48. The zero-order valence-electron chi connectivity index (χ0n) is 11.5. The van der Waals surface area contributed by atoms with Crippen molar-refractivity contribution in [2.45, 2.75) is 12.8 Å². The second kappa shape index (κ2) is 10.7. The van der Waals surface area contributed by atoms with Crippen molar-refractivity contribution in [3.05, 3.63) is 28.2 Å². The molecule has 0 heterocycles. The quantitative estimate of drug-likeness (QED) is 0.659. The Morgan fingerprint density at radius 1 is 1.19 bits per heavy atom. The molecule has 21 heavy (non-hydrogen) atoms. The van der Waals surface area contributed by atoms with Gasteiger partial charge in [0.1, 0.15) is 0 Å². The molecule has 3 N–H and O–H groups in total. The first kappa shape index (κ1) is 20.0. The van der Waals surface area contributed by atoms with E-state index in [1.807, 2.05) is 7.05 Å². The lowest BCUT2D eigenvalue weighted by Crippen LogP contribution is -2.33. The highest BCUT2D eigenvalue weighted by Crippen LogP contribution is 2.25. The SMILES string of the molecule is CNCCCC(=O)NCC(=O)Nc1cc(Cl)ccc1Cl.Cl. The Morgan fingerprint density at radius 3 is 2.57 bits per heavy atom. The van der Waals surface area contributed by atoms with Gasteiger partial charge < -0.3 is 16.0 Å². The molecule has 0 fully saturated rings. The standard InChI is InChI=1S/C13H17Cl2N3O2.ClH/c1-16-6-2-3-12(19)17-8-13(20)18-11-7-9(14)4-5-10(11)15;/h4-5,7,16H,2-3,6,8H2,1H3,(H,17,19)(H,18,20);1H. The molecule has 0 aliphatic rings. The predicted octanol–water partition coefficient (Wildman–Crippen LogP) is 2.47. The molecule has 0 saturated heterocycles. The first-order chi connectivity index (χ1) is 9.52. The molecule has 2 amide bonds. The van der Waals surface area contributed by atoms with Crippen LogP contribution in [0.1, 0.15) is 12.8 Å². The third-order valence-corrected chi connectivity index (χ3v) is 3.04. The van der Waals surface area contributed by atoms with Crippen LogP contribution in [0.4, 0.5) is 5.69 Å². The van der Waals surface area contributed by atoms with E-state index in [0.717, 1.165) is 13.0 Å². The Bertz CT molecular complexity index is 484. The maximum absolute atomic E-state index is 11.7. The minimum absolute atomic E-state index is 0. The summed E-state index contributed by atoms with van der Waals surface area (Å²) in [6.07, 6.45) is 1.11. The lowest BCUT2D eigenvalue weighted by atomic mass is 10.3. The molecule has 8 heteroatoms. The summed E-state index contributed by atoms with van der Waals surface area (Å²) in [7, 11) is 1.82. The third kappa shape index (κ3) is 8.12. The molecule has 0 saturated carbocycles. The summed E-state index contributed by atoms with van der Waals surface area (Å²) < 4.78 is 0. The second-order valence-electron chi connectivity index (χ2n) is 4.16. The molecule has 0 aliphatic carbocycles. The molecule has 0 spiro atoms. The van der Waals surface area contributed by atoms with E-state index in [-0.39, 0.29) is 30.8 Å². The van der Waals surface area contributed by atoms with E-state index in [9.17, 15) is 9.59 Å². The summed E-state index contributed by atoms with van der Waals surface area (Å²) >= 11 is 11.7. The van der Waals surface area contributed by atoms with Crippen molar-refractivity contribution in [3.63, 3.8) is 0 Å². The number of anilines is 1. The Labute approximate surface area is 140 Å². The Morgan fingerprint density at radius 2 is 1.90 bits per heavy atom. The van der Waals surface area contributed by atoms with E-state index in [4.69, 9.17) is 23.2 Å². The molecule has 118 valence electrons.